The number of methoxy groups -OCH3 is 2. The van der Waals surface area contributed by atoms with Gasteiger partial charge in [0.2, 0.25) is 11.8 Å². The maximum absolute atomic E-state index is 16.6. The second kappa shape index (κ2) is 21.6. The molecule has 78 heavy (non-hydrogen) atoms. The summed E-state index contributed by atoms with van der Waals surface area (Å²) in [7, 11) is 2.61. The number of H-pyrrole nitrogens is 2. The van der Waals surface area contributed by atoms with Crippen molar-refractivity contribution in [1.29, 1.82) is 0 Å². The van der Waals surface area contributed by atoms with Crippen LogP contribution >= 0.6 is 0 Å². The van der Waals surface area contributed by atoms with Gasteiger partial charge in [0.05, 0.1) is 60.5 Å². The molecule has 2 aliphatic carbocycles. The molecule has 4 amide bonds. The van der Waals surface area contributed by atoms with Gasteiger partial charge in [-0.25, -0.2) is 28.3 Å². The first kappa shape index (κ1) is 52.2. The summed E-state index contributed by atoms with van der Waals surface area (Å²) in [4.78, 5) is 80.3. The van der Waals surface area contributed by atoms with Crippen molar-refractivity contribution in [2.24, 2.45) is 23.7 Å². The van der Waals surface area contributed by atoms with Crippen LogP contribution in [0, 0.1) is 35.3 Å². The number of nitrogens with zero attached hydrogens (tertiary/aromatic N) is 6. The summed E-state index contributed by atoms with van der Waals surface area (Å²) in [6, 6.07) is 12.7. The van der Waals surface area contributed by atoms with Gasteiger partial charge in [-0.1, -0.05) is 38.8 Å². The highest BCUT2D eigenvalue weighted by atomic mass is 19.1. The van der Waals surface area contributed by atoms with Gasteiger partial charge in [-0.05, 0) is 155 Å². The first-order valence-electron chi connectivity index (χ1n) is 28.8. The van der Waals surface area contributed by atoms with Crippen molar-refractivity contribution >= 4 is 57.4 Å². The molecule has 17 nitrogen and oxygen atoms in total. The Bertz CT molecular complexity index is 3040. The molecule has 19 heteroatoms. The number of nitrogens with one attached hydrogen (secondary N) is 4. The fourth-order valence-electron chi connectivity index (χ4n) is 15.1. The van der Waals surface area contributed by atoms with E-state index in [2.05, 4.69) is 49.8 Å². The first-order chi connectivity index (χ1) is 37.9. The number of benzene rings is 3. The molecule has 10 atom stereocenters. The fraction of sp³-hybridized carbons (Fsp3) is 0.593. The average molecular weight is 1070 g/mol. The van der Waals surface area contributed by atoms with Crippen LogP contribution in [0.25, 0.3) is 22.1 Å². The Morgan fingerprint density at radius 2 is 1.17 bits per heavy atom. The summed E-state index contributed by atoms with van der Waals surface area (Å²) < 4.78 is 48.9. The zero-order valence-corrected chi connectivity index (χ0v) is 45.3. The van der Waals surface area contributed by atoms with E-state index in [1.807, 2.05) is 40.7 Å². The second-order valence-corrected chi connectivity index (χ2v) is 23.6. The van der Waals surface area contributed by atoms with Crippen LogP contribution < -0.4 is 20.4 Å². The van der Waals surface area contributed by atoms with Crippen LogP contribution in [0.15, 0.2) is 48.5 Å². The second-order valence-electron chi connectivity index (χ2n) is 23.6. The lowest BCUT2D eigenvalue weighted by Gasteiger charge is -2.36. The van der Waals surface area contributed by atoms with Gasteiger partial charge in [0.15, 0.2) is 11.6 Å². The molecule has 5 saturated heterocycles. The maximum atomic E-state index is 16.6. The third-order valence-electron chi connectivity index (χ3n) is 18.8. The van der Waals surface area contributed by atoms with Crippen molar-refractivity contribution in [3.05, 3.63) is 82.9 Å². The van der Waals surface area contributed by atoms with Crippen LogP contribution in [0.2, 0.25) is 0 Å². The van der Waals surface area contributed by atoms with Gasteiger partial charge in [0, 0.05) is 44.1 Å². The van der Waals surface area contributed by atoms with Crippen molar-refractivity contribution in [2.75, 3.05) is 50.3 Å². The Balaban J connectivity index is 0.874. The van der Waals surface area contributed by atoms with Gasteiger partial charge >= 0.3 is 12.2 Å². The van der Waals surface area contributed by atoms with E-state index >= 15 is 8.78 Å². The monoisotopic (exact) mass is 1070 g/mol. The number of fused-ring (bicyclic) bond motifs is 4. The molecule has 0 radical (unpaired) electrons. The lowest BCUT2D eigenvalue weighted by molar-refractivity contribution is -0.139. The van der Waals surface area contributed by atoms with Crippen LogP contribution in [0.3, 0.4) is 0 Å². The van der Waals surface area contributed by atoms with Gasteiger partial charge in [0.25, 0.3) is 0 Å². The van der Waals surface area contributed by atoms with Crippen LogP contribution in [-0.2, 0) is 23.8 Å². The number of piperidine rings is 1. The summed E-state index contributed by atoms with van der Waals surface area (Å²) in [5.74, 6) is 0.352. The van der Waals surface area contributed by atoms with Crippen molar-refractivity contribution < 1.29 is 42.2 Å². The van der Waals surface area contributed by atoms with E-state index in [0.29, 0.717) is 81.2 Å². The van der Waals surface area contributed by atoms with Gasteiger partial charge in [-0.15, -0.1) is 0 Å². The maximum Gasteiger partial charge on any atom is 0.407 e. The van der Waals surface area contributed by atoms with Crippen LogP contribution in [0.5, 0.6) is 0 Å². The summed E-state index contributed by atoms with van der Waals surface area (Å²) in [5.41, 5.74) is 5.47. The summed E-state index contributed by atoms with van der Waals surface area (Å²) >= 11 is 0. The number of rotatable bonds is 12. The normalized spacial score (nSPS) is 27.2. The zero-order valence-electron chi connectivity index (χ0n) is 45.3. The lowest BCUT2D eigenvalue weighted by Crippen LogP contribution is -2.55. The van der Waals surface area contributed by atoms with Crippen LogP contribution in [0.1, 0.15) is 157 Å². The Morgan fingerprint density at radius 3 is 1.69 bits per heavy atom. The minimum Gasteiger partial charge on any atom is -0.453 e. The summed E-state index contributed by atoms with van der Waals surface area (Å²) in [6.45, 7) is 6.09. The number of ether oxygens (including phenoxy) is 3. The minimum absolute atomic E-state index is 0.0230. The first-order valence-corrected chi connectivity index (χ1v) is 28.8. The number of hydrogen-bond donors (Lipinski definition) is 4. The highest BCUT2D eigenvalue weighted by molar-refractivity contribution is 5.88. The van der Waals surface area contributed by atoms with Gasteiger partial charge in [0.1, 0.15) is 29.4 Å². The number of alkyl carbamates (subject to hydrolysis) is 2. The smallest absolute Gasteiger partial charge is 0.407 e. The number of carbonyl (C=O) groups excluding carboxylic acids is 4. The molecule has 5 aromatic rings. The van der Waals surface area contributed by atoms with Gasteiger partial charge in [-0.2, -0.15) is 0 Å². The Morgan fingerprint density at radius 1 is 0.641 bits per heavy atom. The Hall–Kier alpha value is -6.50. The molecule has 0 spiro atoms. The van der Waals surface area contributed by atoms with E-state index in [4.69, 9.17) is 24.2 Å². The average Bonchev–Trinajstić information content (AvgIpc) is 4.36. The summed E-state index contributed by atoms with van der Waals surface area (Å²) in [6.07, 6.45) is 11.6. The minimum atomic E-state index is -0.762. The van der Waals surface area contributed by atoms with E-state index in [1.165, 1.54) is 26.4 Å². The zero-order chi connectivity index (χ0) is 53.9. The molecule has 3 aromatic carbocycles. The summed E-state index contributed by atoms with van der Waals surface area (Å²) in [5, 5.41) is 5.71. The number of imidazole rings is 2. The number of anilines is 2. The van der Waals surface area contributed by atoms with Gasteiger partial charge < -0.3 is 54.4 Å². The molecule has 7 fully saturated rings. The lowest BCUT2D eigenvalue weighted by atomic mass is 9.90. The molecule has 4 N–H and O–H groups in total. The van der Waals surface area contributed by atoms with Crippen molar-refractivity contribution in [1.82, 2.24) is 40.4 Å². The van der Waals surface area contributed by atoms with Crippen LogP contribution in [0.4, 0.5) is 29.7 Å². The third kappa shape index (κ3) is 9.58. The SMILES string of the molecule is COC(=O)NC(C(=O)N1[C@H](c2nc3cc([C@H]4CC[C@H](c5ccc6[nH]c([C@@H]7C[C@@H]8CCC[C@@H]8N7C(=O)[C@@H](NC(=O)OC)C7CCOCC7)nc6c5)N4c4cc(F)c(N5CCCCC5)c(F)c4)ccc3[nH]2)C[C@@H]2CCC[C@@H]21)C(C)C. The highest BCUT2D eigenvalue weighted by Gasteiger charge is 2.52. The number of halogens is 2. The van der Waals surface area contributed by atoms with E-state index < -0.39 is 35.9 Å². The molecule has 12 rings (SSSR count). The molecule has 2 aromatic heterocycles. The topological polar surface area (TPSA) is 190 Å². The molecule has 2 saturated carbocycles. The number of aromatic amines is 2. The largest absolute Gasteiger partial charge is 0.453 e. The quantitative estimate of drug-likeness (QED) is 0.0930. The number of carbonyl (C=O) groups is 4. The standard InChI is InChI=1S/C59H74F2N10O7/c1-32(2)51(66-58(74)76-3)56(72)70-45-12-8-10-34(45)28-49(70)54-62-41-16-14-36(26-43(41)64-54)47-18-19-48(69(47)38-30-39(60)53(40(61)31-38)68-22-6-5-7-23-68)37-15-17-42-44(27-37)65-55(63-42)50-29-35-11-9-13-46(35)71(50)57(73)52(67-59(75)77-4)33-20-24-78-25-21-33/h14-17,26-27,30-35,45-52H,5-13,18-25,28-29H2,1-4H3,(H,62,64)(H,63,65)(H,66,74)(H,67,75)/t34-,35-,45-,46-,47+,48+,49-,50-,51?,52-/m0/s1. The van der Waals surface area contributed by atoms with Crippen LogP contribution in [-0.4, -0.2) is 118 Å². The fourth-order valence-corrected chi connectivity index (χ4v) is 15.1. The predicted molar refractivity (Wildman–Crippen MR) is 290 cm³/mol. The van der Waals surface area contributed by atoms with Crippen molar-refractivity contribution in [3.8, 4) is 0 Å². The molecule has 0 bridgehead atoms. The molecule has 7 aliphatic rings. The molecular weight excluding hydrogens is 999 g/mol. The molecule has 1 unspecified atom stereocenters. The molecule has 5 aliphatic heterocycles. The number of hydrogen-bond acceptors (Lipinski definition) is 11. The third-order valence-corrected chi connectivity index (χ3v) is 18.8. The van der Waals surface area contributed by atoms with Gasteiger partial charge in [-0.3, -0.25) is 9.59 Å². The molecule has 416 valence electrons. The predicted octanol–water partition coefficient (Wildman–Crippen LogP) is 10.2. The number of likely N-dealkylation sites (tertiary alicyclic amines) is 2. The number of amides is 4. The highest BCUT2D eigenvalue weighted by Crippen LogP contribution is 2.52. The molecular formula is C59H74F2N10O7. The van der Waals surface area contributed by atoms with E-state index in [-0.39, 0.29) is 65.6 Å². The van der Waals surface area contributed by atoms with E-state index in [0.717, 1.165) is 104 Å². The van der Waals surface area contributed by atoms with Crippen molar-refractivity contribution in [2.45, 2.75) is 158 Å². The van der Waals surface area contributed by atoms with E-state index in [9.17, 15) is 19.2 Å². The van der Waals surface area contributed by atoms with Crippen molar-refractivity contribution in [3.63, 3.8) is 0 Å². The molecule has 7 heterocycles. The Labute approximate surface area is 453 Å². The Kier molecular flexibility index (Phi) is 14.5. The van der Waals surface area contributed by atoms with E-state index in [1.54, 1.807) is 0 Å². The number of aromatic nitrogens is 4.